The van der Waals surface area contributed by atoms with Gasteiger partial charge in [0.05, 0.1) is 5.92 Å². The Morgan fingerprint density at radius 2 is 2.00 bits per heavy atom. The summed E-state index contributed by atoms with van der Waals surface area (Å²) in [4.78, 5) is 4.49. The smallest absolute Gasteiger partial charge is 0.231 e. The van der Waals surface area contributed by atoms with E-state index in [1.54, 1.807) is 0 Å². The van der Waals surface area contributed by atoms with E-state index in [1.165, 1.54) is 0 Å². The van der Waals surface area contributed by atoms with E-state index in [4.69, 9.17) is 16.1 Å². The number of rotatable bonds is 5. The van der Waals surface area contributed by atoms with E-state index in [-0.39, 0.29) is 5.92 Å². The molecule has 0 amide bonds. The molecule has 1 aromatic carbocycles. The number of halogens is 1. The van der Waals surface area contributed by atoms with Crippen LogP contribution in [0.5, 0.6) is 0 Å². The van der Waals surface area contributed by atoms with Gasteiger partial charge >= 0.3 is 0 Å². The number of nitrogens with one attached hydrogen (secondary N) is 1. The predicted molar refractivity (Wildman–Crippen MR) is 76.3 cm³/mol. The summed E-state index contributed by atoms with van der Waals surface area (Å²) in [5, 5.41) is 7.97. The molecule has 0 spiro atoms. The van der Waals surface area contributed by atoms with Gasteiger partial charge in [-0.2, -0.15) is 4.98 Å². The van der Waals surface area contributed by atoms with Gasteiger partial charge in [0.1, 0.15) is 0 Å². The van der Waals surface area contributed by atoms with Crippen molar-refractivity contribution in [2.45, 2.75) is 32.2 Å². The molecule has 2 unspecified atom stereocenters. The van der Waals surface area contributed by atoms with Crippen molar-refractivity contribution in [3.8, 4) is 11.4 Å². The second kappa shape index (κ2) is 6.17. The van der Waals surface area contributed by atoms with Crippen molar-refractivity contribution in [3.05, 3.63) is 35.2 Å². The van der Waals surface area contributed by atoms with Gasteiger partial charge in [-0.3, -0.25) is 0 Å². The quantitative estimate of drug-likeness (QED) is 0.910. The number of hydrogen-bond donors (Lipinski definition) is 1. The third-order valence-corrected chi connectivity index (χ3v) is 3.61. The number of hydrogen-bond acceptors (Lipinski definition) is 4. The molecule has 1 aromatic heterocycles. The molecule has 0 fully saturated rings. The third kappa shape index (κ3) is 3.14. The van der Waals surface area contributed by atoms with Crippen molar-refractivity contribution >= 4 is 11.6 Å². The fourth-order valence-corrected chi connectivity index (χ4v) is 2.17. The van der Waals surface area contributed by atoms with Crippen LogP contribution in [0.25, 0.3) is 11.4 Å². The highest BCUT2D eigenvalue weighted by Crippen LogP contribution is 2.25. The van der Waals surface area contributed by atoms with Crippen molar-refractivity contribution in [3.63, 3.8) is 0 Å². The van der Waals surface area contributed by atoms with Gasteiger partial charge in [-0.05, 0) is 44.7 Å². The van der Waals surface area contributed by atoms with Gasteiger partial charge in [-0.15, -0.1) is 0 Å². The first-order chi connectivity index (χ1) is 9.15. The average Bonchev–Trinajstić information content (AvgIpc) is 2.89. The number of nitrogens with zero attached hydrogens (tertiary/aromatic N) is 2. The van der Waals surface area contributed by atoms with Gasteiger partial charge in [0.15, 0.2) is 0 Å². The van der Waals surface area contributed by atoms with E-state index >= 15 is 0 Å². The minimum absolute atomic E-state index is 0.221. The first-order valence-electron chi connectivity index (χ1n) is 6.42. The zero-order valence-corrected chi connectivity index (χ0v) is 12.1. The normalized spacial score (nSPS) is 14.3. The van der Waals surface area contributed by atoms with Crippen molar-refractivity contribution in [2.75, 3.05) is 7.05 Å². The molecule has 0 aliphatic heterocycles. The van der Waals surface area contributed by atoms with Crippen molar-refractivity contribution in [1.82, 2.24) is 15.5 Å². The van der Waals surface area contributed by atoms with E-state index in [2.05, 4.69) is 29.3 Å². The molecule has 5 heteroatoms. The van der Waals surface area contributed by atoms with Gasteiger partial charge in [0.2, 0.25) is 11.7 Å². The minimum Gasteiger partial charge on any atom is -0.339 e. The Morgan fingerprint density at radius 3 is 2.58 bits per heavy atom. The summed E-state index contributed by atoms with van der Waals surface area (Å²) in [7, 11) is 1.93. The van der Waals surface area contributed by atoms with Crippen LogP contribution in [0.15, 0.2) is 28.8 Å². The molecular formula is C14H18ClN3O. The van der Waals surface area contributed by atoms with Gasteiger partial charge < -0.3 is 9.84 Å². The molecule has 0 bridgehead atoms. The Hall–Kier alpha value is -1.39. The highest BCUT2D eigenvalue weighted by Gasteiger charge is 2.22. The molecule has 0 saturated heterocycles. The Morgan fingerprint density at radius 1 is 1.32 bits per heavy atom. The third-order valence-electron chi connectivity index (χ3n) is 3.36. The Bertz CT molecular complexity index is 524. The molecule has 2 atom stereocenters. The highest BCUT2D eigenvalue weighted by atomic mass is 35.5. The molecule has 19 heavy (non-hydrogen) atoms. The summed E-state index contributed by atoms with van der Waals surface area (Å²) in [6.07, 6.45) is 0.949. The Kier molecular flexibility index (Phi) is 4.56. The molecule has 1 N–H and O–H groups in total. The standard InChI is InChI=1S/C14H18ClN3O/c1-4-12(9(2)16-3)14-17-13(18-19-14)10-5-7-11(15)8-6-10/h5-9,12,16H,4H2,1-3H3. The monoisotopic (exact) mass is 279 g/mol. The lowest BCUT2D eigenvalue weighted by atomic mass is 9.98. The summed E-state index contributed by atoms with van der Waals surface area (Å²) >= 11 is 5.87. The first kappa shape index (κ1) is 14.0. The first-order valence-corrected chi connectivity index (χ1v) is 6.80. The second-order valence-corrected chi connectivity index (χ2v) is 4.99. The van der Waals surface area contributed by atoms with Crippen LogP contribution in [0.3, 0.4) is 0 Å². The lowest BCUT2D eigenvalue weighted by Gasteiger charge is -2.17. The number of aromatic nitrogens is 2. The molecular weight excluding hydrogens is 262 g/mol. The number of likely N-dealkylation sites (N-methyl/N-ethyl adjacent to an activating group) is 1. The van der Waals surface area contributed by atoms with Crippen molar-refractivity contribution < 1.29 is 4.52 Å². The van der Waals surface area contributed by atoms with Crippen LogP contribution in [0.1, 0.15) is 32.1 Å². The van der Waals surface area contributed by atoms with E-state index in [9.17, 15) is 0 Å². The fourth-order valence-electron chi connectivity index (χ4n) is 2.05. The molecule has 1 heterocycles. The molecule has 0 radical (unpaired) electrons. The summed E-state index contributed by atoms with van der Waals surface area (Å²) in [5.74, 6) is 1.50. The van der Waals surface area contributed by atoms with Crippen LogP contribution >= 0.6 is 11.6 Å². The molecule has 2 rings (SSSR count). The maximum Gasteiger partial charge on any atom is 0.231 e. The van der Waals surface area contributed by atoms with E-state index < -0.39 is 0 Å². The minimum atomic E-state index is 0.221. The van der Waals surface area contributed by atoms with Gasteiger partial charge in [0.25, 0.3) is 0 Å². The second-order valence-electron chi connectivity index (χ2n) is 4.56. The van der Waals surface area contributed by atoms with Crippen LogP contribution in [0.4, 0.5) is 0 Å². The molecule has 0 aliphatic rings. The van der Waals surface area contributed by atoms with Gasteiger partial charge in [0, 0.05) is 16.6 Å². The lowest BCUT2D eigenvalue weighted by molar-refractivity contribution is 0.322. The van der Waals surface area contributed by atoms with E-state index in [0.717, 1.165) is 12.0 Å². The van der Waals surface area contributed by atoms with E-state index in [0.29, 0.717) is 22.8 Å². The maximum atomic E-state index is 5.87. The summed E-state index contributed by atoms with van der Waals surface area (Å²) in [5.41, 5.74) is 0.909. The van der Waals surface area contributed by atoms with Crippen LogP contribution < -0.4 is 5.32 Å². The molecule has 4 nitrogen and oxygen atoms in total. The average molecular weight is 280 g/mol. The molecule has 2 aromatic rings. The zero-order chi connectivity index (χ0) is 13.8. The predicted octanol–water partition coefficient (Wildman–Crippen LogP) is 3.49. The summed E-state index contributed by atoms with van der Waals surface area (Å²) in [6, 6.07) is 7.71. The lowest BCUT2D eigenvalue weighted by Crippen LogP contribution is -2.28. The topological polar surface area (TPSA) is 51.0 Å². The highest BCUT2D eigenvalue weighted by molar-refractivity contribution is 6.30. The van der Waals surface area contributed by atoms with Crippen molar-refractivity contribution in [2.24, 2.45) is 0 Å². The van der Waals surface area contributed by atoms with E-state index in [1.807, 2.05) is 31.3 Å². The van der Waals surface area contributed by atoms with Gasteiger partial charge in [-0.25, -0.2) is 0 Å². The zero-order valence-electron chi connectivity index (χ0n) is 11.4. The Balaban J connectivity index is 2.25. The van der Waals surface area contributed by atoms with Crippen LogP contribution in [-0.2, 0) is 0 Å². The maximum absolute atomic E-state index is 5.87. The molecule has 102 valence electrons. The number of benzene rings is 1. The SMILES string of the molecule is CCC(c1nc(-c2ccc(Cl)cc2)no1)C(C)NC. The summed E-state index contributed by atoms with van der Waals surface area (Å²) in [6.45, 7) is 4.23. The van der Waals surface area contributed by atoms with Crippen LogP contribution in [-0.4, -0.2) is 23.2 Å². The Labute approximate surface area is 118 Å². The van der Waals surface area contributed by atoms with Crippen LogP contribution in [0.2, 0.25) is 5.02 Å². The fraction of sp³-hybridized carbons (Fsp3) is 0.429. The molecule has 0 aliphatic carbocycles. The largest absolute Gasteiger partial charge is 0.339 e. The van der Waals surface area contributed by atoms with Gasteiger partial charge in [-0.1, -0.05) is 23.7 Å². The molecule has 0 saturated carbocycles. The summed E-state index contributed by atoms with van der Waals surface area (Å²) < 4.78 is 5.39. The van der Waals surface area contributed by atoms with Crippen molar-refractivity contribution in [1.29, 1.82) is 0 Å². The van der Waals surface area contributed by atoms with Crippen LogP contribution in [0, 0.1) is 0 Å².